The third kappa shape index (κ3) is 4.18. The molecule has 1 aliphatic heterocycles. The molecule has 4 rings (SSSR count). The number of ether oxygens (including phenoxy) is 1. The molecule has 3 atom stereocenters. The minimum absolute atomic E-state index is 0.0773. The zero-order chi connectivity index (χ0) is 21.7. The fourth-order valence-electron chi connectivity index (χ4n) is 4.97. The maximum atomic E-state index is 12.4. The SMILES string of the molecule is CCOC(=O)C1=CCCC(c2cc#ccc2)(C2NC=CN2C(C)c2ccccc2)CC1. The lowest BCUT2D eigenvalue weighted by molar-refractivity contribution is -0.138. The van der Waals surface area contributed by atoms with E-state index in [1.54, 1.807) is 0 Å². The molecule has 2 aromatic rings. The summed E-state index contributed by atoms with van der Waals surface area (Å²) >= 11 is 0. The van der Waals surface area contributed by atoms with Crippen LogP contribution in [0.25, 0.3) is 0 Å². The van der Waals surface area contributed by atoms with E-state index in [2.05, 4.69) is 90.2 Å². The minimum Gasteiger partial charge on any atom is -0.463 e. The first-order valence-corrected chi connectivity index (χ1v) is 11.2. The van der Waals surface area contributed by atoms with Crippen molar-refractivity contribution in [3.05, 3.63) is 95.8 Å². The fraction of sp³-hybridized carbons (Fsp3) is 0.370. The molecule has 4 nitrogen and oxygen atoms in total. The Hall–Kier alpha value is -3.19. The van der Waals surface area contributed by atoms with Gasteiger partial charge in [-0.3, -0.25) is 0 Å². The number of nitrogens with one attached hydrogen (secondary N) is 1. The number of carbonyl (C=O) groups is 1. The first-order chi connectivity index (χ1) is 15.2. The Morgan fingerprint density at radius 3 is 2.84 bits per heavy atom. The zero-order valence-electron chi connectivity index (χ0n) is 18.3. The minimum atomic E-state index is -0.182. The number of allylic oxidation sites excluding steroid dienone is 1. The monoisotopic (exact) mass is 414 g/mol. The van der Waals surface area contributed by atoms with Gasteiger partial charge in [0.25, 0.3) is 0 Å². The van der Waals surface area contributed by atoms with Gasteiger partial charge in [-0.15, -0.1) is 0 Å². The summed E-state index contributed by atoms with van der Waals surface area (Å²) in [6, 6.07) is 23.1. The van der Waals surface area contributed by atoms with Crippen molar-refractivity contribution in [3.63, 3.8) is 0 Å². The van der Waals surface area contributed by atoms with Crippen LogP contribution in [0.2, 0.25) is 0 Å². The highest BCUT2D eigenvalue weighted by molar-refractivity contribution is 5.88. The van der Waals surface area contributed by atoms with E-state index in [-0.39, 0.29) is 23.6 Å². The van der Waals surface area contributed by atoms with Crippen LogP contribution >= 0.6 is 0 Å². The molecule has 31 heavy (non-hydrogen) atoms. The van der Waals surface area contributed by atoms with Gasteiger partial charge in [0, 0.05) is 23.4 Å². The average Bonchev–Trinajstić information content (AvgIpc) is 3.20. The lowest BCUT2D eigenvalue weighted by atomic mass is 9.71. The van der Waals surface area contributed by atoms with Gasteiger partial charge in [0.1, 0.15) is 6.17 Å². The number of esters is 1. The van der Waals surface area contributed by atoms with Crippen LogP contribution in [0.5, 0.6) is 0 Å². The molecule has 0 fully saturated rings. The second-order valence-electron chi connectivity index (χ2n) is 8.29. The number of hydrogen-bond donors (Lipinski definition) is 1. The van der Waals surface area contributed by atoms with E-state index in [0.717, 1.165) is 24.8 Å². The molecular formula is C27H30N2O2. The van der Waals surface area contributed by atoms with Crippen LogP contribution in [-0.2, 0) is 14.9 Å². The number of hydrogen-bond acceptors (Lipinski definition) is 4. The highest BCUT2D eigenvalue weighted by atomic mass is 16.5. The van der Waals surface area contributed by atoms with Gasteiger partial charge >= 0.3 is 5.97 Å². The van der Waals surface area contributed by atoms with Crippen molar-refractivity contribution in [3.8, 4) is 0 Å². The molecule has 1 heterocycles. The molecular weight excluding hydrogens is 384 g/mol. The Balaban J connectivity index is 1.67. The third-order valence-electron chi connectivity index (χ3n) is 6.64. The number of benzene rings is 1. The standard InChI is InChI=1S/C27H30N2O2/c1-3-31-25(30)23-13-10-17-27(18-16-23,24-14-8-5-9-15-24)26-28-19-20-29(26)21(2)22-11-6-4-7-12-22/h4,6-8,11-15,19-21,26,28H,3,10,16-18H2,1-2H3. The van der Waals surface area contributed by atoms with E-state index in [1.807, 2.05) is 13.0 Å². The summed E-state index contributed by atoms with van der Waals surface area (Å²) in [5.41, 5.74) is 3.13. The molecule has 4 heteroatoms. The van der Waals surface area contributed by atoms with Crippen molar-refractivity contribution in [2.24, 2.45) is 0 Å². The molecule has 1 aliphatic carbocycles. The van der Waals surface area contributed by atoms with Gasteiger partial charge in [-0.2, -0.15) is 0 Å². The van der Waals surface area contributed by atoms with E-state index in [4.69, 9.17) is 4.74 Å². The molecule has 1 N–H and O–H groups in total. The first kappa shape index (κ1) is 21.1. The summed E-state index contributed by atoms with van der Waals surface area (Å²) in [6.45, 7) is 4.51. The predicted octanol–water partition coefficient (Wildman–Crippen LogP) is 5.05. The van der Waals surface area contributed by atoms with Crippen LogP contribution in [0.3, 0.4) is 0 Å². The van der Waals surface area contributed by atoms with Crippen LogP contribution in [0.4, 0.5) is 0 Å². The Bertz CT molecular complexity index is 938. The van der Waals surface area contributed by atoms with E-state index >= 15 is 0 Å². The Labute approximate surface area is 185 Å². The van der Waals surface area contributed by atoms with Gasteiger partial charge in [-0.25, -0.2) is 4.79 Å². The molecule has 0 saturated carbocycles. The zero-order valence-corrected chi connectivity index (χ0v) is 18.3. The van der Waals surface area contributed by atoms with Gasteiger partial charge in [0.2, 0.25) is 0 Å². The lowest BCUT2D eigenvalue weighted by Crippen LogP contribution is -2.53. The van der Waals surface area contributed by atoms with Crippen molar-refractivity contribution in [2.45, 2.75) is 57.2 Å². The Morgan fingerprint density at radius 2 is 2.10 bits per heavy atom. The van der Waals surface area contributed by atoms with Crippen molar-refractivity contribution < 1.29 is 9.53 Å². The predicted molar refractivity (Wildman–Crippen MR) is 122 cm³/mol. The highest BCUT2D eigenvalue weighted by Gasteiger charge is 2.45. The van der Waals surface area contributed by atoms with Crippen LogP contribution in [0.1, 0.15) is 56.7 Å². The van der Waals surface area contributed by atoms with E-state index < -0.39 is 0 Å². The third-order valence-corrected chi connectivity index (χ3v) is 6.64. The highest BCUT2D eigenvalue weighted by Crippen LogP contribution is 2.45. The average molecular weight is 415 g/mol. The van der Waals surface area contributed by atoms with E-state index in [9.17, 15) is 4.79 Å². The maximum absolute atomic E-state index is 12.4. The smallest absolute Gasteiger partial charge is 0.333 e. The number of carbonyl (C=O) groups excluding carboxylic acids is 1. The molecule has 0 aromatic heterocycles. The van der Waals surface area contributed by atoms with Crippen LogP contribution in [0, 0.1) is 12.1 Å². The molecule has 0 amide bonds. The van der Waals surface area contributed by atoms with Gasteiger partial charge in [-0.05, 0) is 68.9 Å². The largest absolute Gasteiger partial charge is 0.463 e. The molecule has 0 spiro atoms. The second kappa shape index (κ2) is 9.31. The van der Waals surface area contributed by atoms with Crippen LogP contribution < -0.4 is 5.32 Å². The van der Waals surface area contributed by atoms with Gasteiger partial charge < -0.3 is 15.0 Å². The van der Waals surface area contributed by atoms with Crippen LogP contribution in [-0.4, -0.2) is 23.6 Å². The lowest BCUT2D eigenvalue weighted by Gasteiger charge is -2.45. The van der Waals surface area contributed by atoms with Crippen molar-refractivity contribution in [2.75, 3.05) is 6.61 Å². The summed E-state index contributed by atoms with van der Waals surface area (Å²) in [4.78, 5) is 14.9. The maximum Gasteiger partial charge on any atom is 0.333 e. The Kier molecular flexibility index (Phi) is 6.32. The molecule has 3 unspecified atom stereocenters. The van der Waals surface area contributed by atoms with Crippen molar-refractivity contribution in [1.29, 1.82) is 0 Å². The number of nitrogens with zero attached hydrogens (tertiary/aromatic N) is 1. The molecule has 0 saturated heterocycles. The van der Waals surface area contributed by atoms with E-state index in [0.29, 0.717) is 13.0 Å². The van der Waals surface area contributed by atoms with Gasteiger partial charge in [0.05, 0.1) is 12.6 Å². The van der Waals surface area contributed by atoms with Crippen molar-refractivity contribution >= 4 is 5.97 Å². The Morgan fingerprint density at radius 1 is 1.26 bits per heavy atom. The first-order valence-electron chi connectivity index (χ1n) is 11.2. The summed E-state index contributed by atoms with van der Waals surface area (Å²) in [5, 5.41) is 3.65. The summed E-state index contributed by atoms with van der Waals surface area (Å²) < 4.78 is 5.30. The second-order valence-corrected chi connectivity index (χ2v) is 8.29. The van der Waals surface area contributed by atoms with Crippen molar-refractivity contribution in [1.82, 2.24) is 10.2 Å². The van der Waals surface area contributed by atoms with Gasteiger partial charge in [0.15, 0.2) is 0 Å². The normalized spacial score (nSPS) is 23.9. The topological polar surface area (TPSA) is 41.6 Å². The van der Waals surface area contributed by atoms with E-state index in [1.165, 1.54) is 11.1 Å². The number of rotatable bonds is 6. The van der Waals surface area contributed by atoms with Gasteiger partial charge in [-0.1, -0.05) is 48.5 Å². The van der Waals surface area contributed by atoms with Crippen LogP contribution in [0.15, 0.2) is 72.6 Å². The molecule has 2 aromatic carbocycles. The molecule has 2 aliphatic rings. The summed E-state index contributed by atoms with van der Waals surface area (Å²) in [6.07, 6.45) is 9.68. The molecule has 0 radical (unpaired) electrons. The molecule has 0 bridgehead atoms. The fourth-order valence-corrected chi connectivity index (χ4v) is 4.97. The quantitative estimate of drug-likeness (QED) is 0.672. The molecule has 160 valence electrons. The summed E-state index contributed by atoms with van der Waals surface area (Å²) in [7, 11) is 0. The summed E-state index contributed by atoms with van der Waals surface area (Å²) in [5.74, 6) is -0.182.